The Kier molecular flexibility index (Phi) is 5.16. The second-order valence-corrected chi connectivity index (χ2v) is 5.40. The Labute approximate surface area is 106 Å². The van der Waals surface area contributed by atoms with Gasteiger partial charge in [-0.05, 0) is 44.5 Å². The summed E-state index contributed by atoms with van der Waals surface area (Å²) < 4.78 is 0. The lowest BCUT2D eigenvalue weighted by Crippen LogP contribution is -2.35. The standard InChI is InChI=1S/C15H26N2/c1-5-17(6-2)12-14-10-8-7-9-13(14)11-15(3,4)16/h7-10H,5-6,11-12,16H2,1-4H3. The van der Waals surface area contributed by atoms with Crippen molar-refractivity contribution >= 4 is 0 Å². The van der Waals surface area contributed by atoms with E-state index in [4.69, 9.17) is 5.73 Å². The monoisotopic (exact) mass is 234 g/mol. The smallest absolute Gasteiger partial charge is 0.0236 e. The van der Waals surface area contributed by atoms with E-state index in [1.807, 2.05) is 0 Å². The van der Waals surface area contributed by atoms with E-state index in [0.717, 1.165) is 26.1 Å². The molecular formula is C15H26N2. The summed E-state index contributed by atoms with van der Waals surface area (Å²) >= 11 is 0. The van der Waals surface area contributed by atoms with Gasteiger partial charge in [-0.2, -0.15) is 0 Å². The first-order chi connectivity index (χ1) is 7.96. The zero-order valence-corrected chi connectivity index (χ0v) is 11.7. The second-order valence-electron chi connectivity index (χ2n) is 5.40. The van der Waals surface area contributed by atoms with Crippen molar-refractivity contribution in [2.75, 3.05) is 13.1 Å². The van der Waals surface area contributed by atoms with E-state index >= 15 is 0 Å². The van der Waals surface area contributed by atoms with Crippen LogP contribution in [-0.4, -0.2) is 23.5 Å². The van der Waals surface area contributed by atoms with Crippen LogP contribution in [0.4, 0.5) is 0 Å². The van der Waals surface area contributed by atoms with Crippen molar-refractivity contribution in [3.63, 3.8) is 0 Å². The predicted octanol–water partition coefficient (Wildman–Crippen LogP) is 2.81. The largest absolute Gasteiger partial charge is 0.325 e. The minimum Gasteiger partial charge on any atom is -0.325 e. The molecule has 96 valence electrons. The Morgan fingerprint density at radius 1 is 1.06 bits per heavy atom. The van der Waals surface area contributed by atoms with Crippen LogP contribution < -0.4 is 5.73 Å². The fraction of sp³-hybridized carbons (Fsp3) is 0.600. The molecule has 0 spiro atoms. The van der Waals surface area contributed by atoms with Crippen LogP contribution in [0, 0.1) is 0 Å². The molecule has 2 heteroatoms. The van der Waals surface area contributed by atoms with Crippen molar-refractivity contribution in [3.05, 3.63) is 35.4 Å². The molecule has 0 saturated carbocycles. The lowest BCUT2D eigenvalue weighted by Gasteiger charge is -2.24. The summed E-state index contributed by atoms with van der Waals surface area (Å²) in [5, 5.41) is 0. The molecular weight excluding hydrogens is 208 g/mol. The van der Waals surface area contributed by atoms with E-state index in [9.17, 15) is 0 Å². The van der Waals surface area contributed by atoms with Gasteiger partial charge >= 0.3 is 0 Å². The number of benzene rings is 1. The van der Waals surface area contributed by atoms with E-state index in [0.29, 0.717) is 0 Å². The van der Waals surface area contributed by atoms with Crippen molar-refractivity contribution in [2.45, 2.75) is 46.2 Å². The summed E-state index contributed by atoms with van der Waals surface area (Å²) in [5.41, 5.74) is 8.77. The lowest BCUT2D eigenvalue weighted by molar-refractivity contribution is 0.294. The Morgan fingerprint density at radius 2 is 1.59 bits per heavy atom. The summed E-state index contributed by atoms with van der Waals surface area (Å²) in [4.78, 5) is 2.43. The molecule has 17 heavy (non-hydrogen) atoms. The van der Waals surface area contributed by atoms with Crippen molar-refractivity contribution in [1.29, 1.82) is 0 Å². The maximum absolute atomic E-state index is 6.12. The average Bonchev–Trinajstić information content (AvgIpc) is 2.26. The molecule has 0 aromatic heterocycles. The van der Waals surface area contributed by atoms with Gasteiger partial charge in [0.1, 0.15) is 0 Å². The number of nitrogens with zero attached hydrogens (tertiary/aromatic N) is 1. The topological polar surface area (TPSA) is 29.3 Å². The third kappa shape index (κ3) is 4.88. The third-order valence-corrected chi connectivity index (χ3v) is 3.05. The van der Waals surface area contributed by atoms with Crippen molar-refractivity contribution in [3.8, 4) is 0 Å². The van der Waals surface area contributed by atoms with Gasteiger partial charge in [0.05, 0.1) is 0 Å². The van der Waals surface area contributed by atoms with Crippen LogP contribution in [0.15, 0.2) is 24.3 Å². The average molecular weight is 234 g/mol. The zero-order valence-electron chi connectivity index (χ0n) is 11.7. The number of hydrogen-bond donors (Lipinski definition) is 1. The minimum absolute atomic E-state index is 0.140. The molecule has 2 N–H and O–H groups in total. The first-order valence-electron chi connectivity index (χ1n) is 6.54. The van der Waals surface area contributed by atoms with E-state index < -0.39 is 0 Å². The van der Waals surface area contributed by atoms with Gasteiger partial charge in [0.25, 0.3) is 0 Å². The Bertz CT molecular complexity index is 335. The molecule has 1 aromatic rings. The molecule has 0 aliphatic carbocycles. The van der Waals surface area contributed by atoms with Crippen molar-refractivity contribution < 1.29 is 0 Å². The van der Waals surface area contributed by atoms with Gasteiger partial charge in [-0.3, -0.25) is 4.90 Å². The molecule has 0 radical (unpaired) electrons. The van der Waals surface area contributed by atoms with Gasteiger partial charge in [0.2, 0.25) is 0 Å². The van der Waals surface area contributed by atoms with Crippen LogP contribution in [0.5, 0.6) is 0 Å². The highest BCUT2D eigenvalue weighted by molar-refractivity contribution is 5.28. The van der Waals surface area contributed by atoms with Crippen LogP contribution in [0.1, 0.15) is 38.8 Å². The van der Waals surface area contributed by atoms with Crippen LogP contribution in [0.25, 0.3) is 0 Å². The van der Waals surface area contributed by atoms with Crippen molar-refractivity contribution in [1.82, 2.24) is 4.90 Å². The molecule has 0 amide bonds. The van der Waals surface area contributed by atoms with Crippen LogP contribution >= 0.6 is 0 Å². The lowest BCUT2D eigenvalue weighted by atomic mass is 9.93. The highest BCUT2D eigenvalue weighted by Crippen LogP contribution is 2.16. The summed E-state index contributed by atoms with van der Waals surface area (Å²) in [6.45, 7) is 11.8. The highest BCUT2D eigenvalue weighted by Gasteiger charge is 2.14. The number of nitrogens with two attached hydrogens (primary N) is 1. The maximum atomic E-state index is 6.12. The Morgan fingerprint density at radius 3 is 2.06 bits per heavy atom. The molecule has 0 fully saturated rings. The van der Waals surface area contributed by atoms with E-state index in [-0.39, 0.29) is 5.54 Å². The van der Waals surface area contributed by atoms with Gasteiger partial charge in [0, 0.05) is 12.1 Å². The number of hydrogen-bond acceptors (Lipinski definition) is 2. The molecule has 0 unspecified atom stereocenters. The van der Waals surface area contributed by atoms with Gasteiger partial charge in [-0.1, -0.05) is 38.1 Å². The van der Waals surface area contributed by atoms with Gasteiger partial charge in [-0.15, -0.1) is 0 Å². The highest BCUT2D eigenvalue weighted by atomic mass is 15.1. The zero-order chi connectivity index (χ0) is 12.9. The quantitative estimate of drug-likeness (QED) is 0.820. The fourth-order valence-electron chi connectivity index (χ4n) is 2.06. The maximum Gasteiger partial charge on any atom is 0.0236 e. The molecule has 0 atom stereocenters. The Balaban J connectivity index is 2.84. The van der Waals surface area contributed by atoms with E-state index in [1.54, 1.807) is 0 Å². The summed E-state index contributed by atoms with van der Waals surface area (Å²) in [6, 6.07) is 8.64. The summed E-state index contributed by atoms with van der Waals surface area (Å²) in [7, 11) is 0. The normalized spacial score (nSPS) is 12.1. The minimum atomic E-state index is -0.140. The third-order valence-electron chi connectivity index (χ3n) is 3.05. The Hall–Kier alpha value is -0.860. The van der Waals surface area contributed by atoms with Crippen molar-refractivity contribution in [2.24, 2.45) is 5.73 Å². The molecule has 1 aromatic carbocycles. The molecule has 2 nitrogen and oxygen atoms in total. The molecule has 0 bridgehead atoms. The second kappa shape index (κ2) is 6.18. The fourth-order valence-corrected chi connectivity index (χ4v) is 2.06. The van der Waals surface area contributed by atoms with Crippen LogP contribution in [-0.2, 0) is 13.0 Å². The first-order valence-corrected chi connectivity index (χ1v) is 6.54. The van der Waals surface area contributed by atoms with Gasteiger partial charge < -0.3 is 5.73 Å². The van der Waals surface area contributed by atoms with Gasteiger partial charge in [-0.25, -0.2) is 0 Å². The van der Waals surface area contributed by atoms with Gasteiger partial charge in [0.15, 0.2) is 0 Å². The predicted molar refractivity (Wildman–Crippen MR) is 75.0 cm³/mol. The summed E-state index contributed by atoms with van der Waals surface area (Å²) in [6.07, 6.45) is 0.935. The molecule has 0 aliphatic rings. The van der Waals surface area contributed by atoms with E-state index in [2.05, 4.69) is 56.9 Å². The first kappa shape index (κ1) is 14.2. The van der Waals surface area contributed by atoms with Crippen LogP contribution in [0.3, 0.4) is 0 Å². The summed E-state index contributed by atoms with van der Waals surface area (Å²) in [5.74, 6) is 0. The molecule has 0 saturated heterocycles. The molecule has 1 rings (SSSR count). The number of rotatable bonds is 6. The molecule has 0 aliphatic heterocycles. The van der Waals surface area contributed by atoms with E-state index in [1.165, 1.54) is 11.1 Å². The van der Waals surface area contributed by atoms with Crippen LogP contribution in [0.2, 0.25) is 0 Å². The SMILES string of the molecule is CCN(CC)Cc1ccccc1CC(C)(C)N. The molecule has 0 heterocycles.